The van der Waals surface area contributed by atoms with E-state index in [9.17, 15) is 23.2 Å². The Labute approximate surface area is 232 Å². The highest BCUT2D eigenvalue weighted by Gasteiger charge is 2.39. The van der Waals surface area contributed by atoms with Crippen LogP contribution in [0.2, 0.25) is 0 Å². The summed E-state index contributed by atoms with van der Waals surface area (Å²) < 4.78 is 36.3. The van der Waals surface area contributed by atoms with Gasteiger partial charge in [-0.2, -0.15) is 8.78 Å². The lowest BCUT2D eigenvalue weighted by molar-refractivity contribution is -0.136. The van der Waals surface area contributed by atoms with Crippen LogP contribution >= 0.6 is 0 Å². The quantitative estimate of drug-likeness (QED) is 0.423. The van der Waals surface area contributed by atoms with Gasteiger partial charge in [-0.1, -0.05) is 19.1 Å². The van der Waals surface area contributed by atoms with E-state index in [1.807, 2.05) is 6.92 Å². The van der Waals surface area contributed by atoms with Crippen LogP contribution in [0.3, 0.4) is 0 Å². The molecule has 1 aromatic carbocycles. The van der Waals surface area contributed by atoms with Gasteiger partial charge in [0.15, 0.2) is 11.5 Å². The third kappa shape index (κ3) is 7.45. The minimum atomic E-state index is -2.98. The molecule has 0 radical (unpaired) electrons. The third-order valence-corrected chi connectivity index (χ3v) is 7.21. The highest BCUT2D eigenvalue weighted by atomic mass is 19.3. The molecule has 0 bridgehead atoms. The molecule has 1 saturated carbocycles. The van der Waals surface area contributed by atoms with Crippen molar-refractivity contribution in [3.05, 3.63) is 53.3 Å². The molecule has 2 atom stereocenters. The number of amides is 3. The number of hydrogen-bond donors (Lipinski definition) is 1. The monoisotopic (exact) mass is 558 g/mol. The molecule has 11 heteroatoms. The van der Waals surface area contributed by atoms with Gasteiger partial charge in [-0.15, -0.1) is 0 Å². The largest absolute Gasteiger partial charge is 0.489 e. The topological polar surface area (TPSA) is 101 Å². The second-order valence-electron chi connectivity index (χ2n) is 10.4. The summed E-state index contributed by atoms with van der Waals surface area (Å²) in [5.41, 5.74) is 1.60. The molecule has 0 spiro atoms. The molecule has 9 nitrogen and oxygen atoms in total. The zero-order valence-electron chi connectivity index (χ0n) is 23.1. The normalized spacial score (nSPS) is 18.5. The molecule has 1 aliphatic carbocycles. The number of aromatic nitrogens is 1. The molecule has 2 heterocycles. The van der Waals surface area contributed by atoms with Crippen LogP contribution in [0.1, 0.15) is 67.2 Å². The number of pyridine rings is 1. The lowest BCUT2D eigenvalue weighted by Gasteiger charge is -2.22. The van der Waals surface area contributed by atoms with Crippen molar-refractivity contribution >= 4 is 17.7 Å². The van der Waals surface area contributed by atoms with E-state index in [1.165, 1.54) is 17.9 Å². The van der Waals surface area contributed by atoms with Gasteiger partial charge in [0, 0.05) is 33.0 Å². The summed E-state index contributed by atoms with van der Waals surface area (Å²) in [6.07, 6.45) is 3.28. The highest BCUT2D eigenvalue weighted by Crippen LogP contribution is 2.39. The zero-order chi connectivity index (χ0) is 28.8. The Morgan fingerprint density at radius 2 is 1.95 bits per heavy atom. The Kier molecular flexibility index (Phi) is 9.54. The Bertz CT molecular complexity index is 1220. The van der Waals surface area contributed by atoms with Crippen molar-refractivity contribution in [2.24, 2.45) is 5.92 Å². The highest BCUT2D eigenvalue weighted by molar-refractivity contribution is 5.92. The smallest absolute Gasteiger partial charge is 0.387 e. The van der Waals surface area contributed by atoms with E-state index in [4.69, 9.17) is 4.74 Å². The first kappa shape index (κ1) is 29.2. The van der Waals surface area contributed by atoms with Crippen LogP contribution in [0.4, 0.5) is 8.78 Å². The summed E-state index contributed by atoms with van der Waals surface area (Å²) in [6, 6.07) is 9.17. The minimum absolute atomic E-state index is 0.0378. The van der Waals surface area contributed by atoms with Gasteiger partial charge in [-0.25, -0.2) is 4.98 Å². The summed E-state index contributed by atoms with van der Waals surface area (Å²) in [5.74, 6) is -0.349. The maximum Gasteiger partial charge on any atom is 0.387 e. The number of hydrogen-bond acceptors (Lipinski definition) is 6. The number of halogens is 2. The first-order valence-corrected chi connectivity index (χ1v) is 13.6. The van der Waals surface area contributed by atoms with E-state index in [1.54, 1.807) is 42.3 Å². The summed E-state index contributed by atoms with van der Waals surface area (Å²) in [7, 11) is 1.72. The number of nitrogens with one attached hydrogen (secondary N) is 1. The van der Waals surface area contributed by atoms with Gasteiger partial charge in [0.05, 0.1) is 18.8 Å². The number of carbonyl (C=O) groups excluding carboxylic acids is 3. The van der Waals surface area contributed by atoms with E-state index in [2.05, 4.69) is 15.0 Å². The van der Waals surface area contributed by atoms with Crippen molar-refractivity contribution in [3.8, 4) is 11.5 Å². The van der Waals surface area contributed by atoms with Gasteiger partial charge in [0.25, 0.3) is 5.91 Å². The zero-order valence-corrected chi connectivity index (χ0v) is 23.1. The van der Waals surface area contributed by atoms with Crippen molar-refractivity contribution in [3.63, 3.8) is 0 Å². The Morgan fingerprint density at radius 3 is 2.62 bits per heavy atom. The van der Waals surface area contributed by atoms with Crippen LogP contribution in [0, 0.1) is 5.92 Å². The van der Waals surface area contributed by atoms with E-state index in [0.29, 0.717) is 43.4 Å². The van der Waals surface area contributed by atoms with Gasteiger partial charge in [-0.05, 0) is 61.4 Å². The molecule has 216 valence electrons. The van der Waals surface area contributed by atoms with Gasteiger partial charge in [-0.3, -0.25) is 14.4 Å². The summed E-state index contributed by atoms with van der Waals surface area (Å²) >= 11 is 0. The molecule has 1 unspecified atom stereocenters. The molecule has 1 aromatic heterocycles. The summed E-state index contributed by atoms with van der Waals surface area (Å²) in [4.78, 5) is 45.7. The van der Waals surface area contributed by atoms with Crippen molar-refractivity contribution in [2.75, 3.05) is 26.7 Å². The van der Waals surface area contributed by atoms with E-state index < -0.39 is 12.7 Å². The maximum atomic E-state index is 13.2. The van der Waals surface area contributed by atoms with Gasteiger partial charge < -0.3 is 24.6 Å². The van der Waals surface area contributed by atoms with E-state index in [-0.39, 0.29) is 41.7 Å². The Hall–Kier alpha value is -3.76. The van der Waals surface area contributed by atoms with Crippen molar-refractivity contribution in [2.45, 2.75) is 64.6 Å². The second-order valence-corrected chi connectivity index (χ2v) is 10.4. The molecule has 1 N–H and O–H groups in total. The lowest BCUT2D eigenvalue weighted by atomic mass is 9.95. The van der Waals surface area contributed by atoms with Crippen LogP contribution in [-0.4, -0.2) is 71.9 Å². The molecule has 1 saturated heterocycles. The standard InChI is InChI=1S/C29H36F2N4O5/c1-4-12-34(3)28(38)23-7-5-6-22(33-23)15-32-27(37)24-13-21(16-35(24)18(2)36)20-10-11-25(40-29(30)31)26(14-20)39-17-19-8-9-19/h5-7,10-11,14,19,21,24,29H,4,8-9,12-13,15-17H2,1-3H3,(H,32,37)/t21?,24-/m1/s1. The molecule has 40 heavy (non-hydrogen) atoms. The van der Waals surface area contributed by atoms with Crippen molar-refractivity contribution in [1.29, 1.82) is 0 Å². The third-order valence-electron chi connectivity index (χ3n) is 7.21. The molecule has 2 fully saturated rings. The number of alkyl halides is 2. The van der Waals surface area contributed by atoms with Gasteiger partial charge >= 0.3 is 6.61 Å². The predicted octanol–water partition coefficient (Wildman–Crippen LogP) is 3.97. The average Bonchev–Trinajstić information content (AvgIpc) is 3.65. The first-order chi connectivity index (χ1) is 19.2. The number of carbonyl (C=O) groups is 3. The maximum absolute atomic E-state index is 13.2. The van der Waals surface area contributed by atoms with Crippen LogP contribution in [0.15, 0.2) is 36.4 Å². The van der Waals surface area contributed by atoms with E-state index >= 15 is 0 Å². The SMILES string of the molecule is CCCN(C)C(=O)c1cccc(CNC(=O)[C@H]2CC(c3ccc(OC(F)F)c(OCC4CC4)c3)CN2C(C)=O)n1. The Balaban J connectivity index is 1.44. The van der Waals surface area contributed by atoms with Crippen molar-refractivity contribution < 1.29 is 32.6 Å². The molecule has 2 aliphatic rings. The lowest BCUT2D eigenvalue weighted by Crippen LogP contribution is -2.45. The fourth-order valence-electron chi connectivity index (χ4n) is 4.88. The van der Waals surface area contributed by atoms with Crippen LogP contribution < -0.4 is 14.8 Å². The number of rotatable bonds is 12. The second kappa shape index (κ2) is 13.1. The average molecular weight is 559 g/mol. The van der Waals surface area contributed by atoms with E-state index in [0.717, 1.165) is 24.8 Å². The van der Waals surface area contributed by atoms with Crippen LogP contribution in [0.25, 0.3) is 0 Å². The van der Waals surface area contributed by atoms with Crippen LogP contribution in [0.5, 0.6) is 11.5 Å². The molecule has 3 amide bonds. The minimum Gasteiger partial charge on any atom is -0.489 e. The molecule has 4 rings (SSSR count). The molecular weight excluding hydrogens is 522 g/mol. The molecule has 1 aliphatic heterocycles. The predicted molar refractivity (Wildman–Crippen MR) is 143 cm³/mol. The number of benzene rings is 1. The van der Waals surface area contributed by atoms with Gasteiger partial charge in [0.1, 0.15) is 11.7 Å². The fraction of sp³-hybridized carbons (Fsp3) is 0.517. The first-order valence-electron chi connectivity index (χ1n) is 13.6. The number of likely N-dealkylation sites (tertiary alicyclic amines) is 1. The number of nitrogens with zero attached hydrogens (tertiary/aromatic N) is 3. The Morgan fingerprint density at radius 1 is 1.18 bits per heavy atom. The molecule has 2 aromatic rings. The molecular formula is C29H36F2N4O5. The van der Waals surface area contributed by atoms with Gasteiger partial charge in [0.2, 0.25) is 11.8 Å². The number of ether oxygens (including phenoxy) is 2. The summed E-state index contributed by atoms with van der Waals surface area (Å²) in [6.45, 7) is 1.86. The van der Waals surface area contributed by atoms with Crippen LogP contribution in [-0.2, 0) is 16.1 Å². The van der Waals surface area contributed by atoms with Crippen molar-refractivity contribution in [1.82, 2.24) is 20.1 Å². The fourth-order valence-corrected chi connectivity index (χ4v) is 4.88. The summed E-state index contributed by atoms with van der Waals surface area (Å²) in [5, 5.41) is 2.85.